The number of carbonyl (C=O) groups excluding carboxylic acids is 7. The number of Topliss-reactive ketones (excluding diaryl/α,β-unsaturated/α-hetero) is 1. The molecule has 0 aliphatic carbocycles. The zero-order valence-electron chi connectivity index (χ0n) is 33.8. The van der Waals surface area contributed by atoms with Crippen molar-refractivity contribution in [3.8, 4) is 5.75 Å². The standard InChI is InChI=1S/C37H48N7O10.3CH3.Sn/c1-24(6-5-16-42-37(38)39)33(49)43-23-30(46)22-28(20-25-9-11-29(45)12-10-25)35(51)41-17-19-53-18-3-2-15-40-34(50)26-7-4-8-27(21-26)36(52)54-44-31(47)13-14-32(44)48;;;;/h7-12,21,24,28,45H,2-3,5-6,13-20,22-23H2,1H3,(H,40,50)(H,41,51)(H,43,49)(H4,38,39,42);3*1H3;/t24-,28?;;;;/m0..../s1. The van der Waals surface area contributed by atoms with Crippen molar-refractivity contribution in [3.05, 3.63) is 59.2 Å². The first-order valence-electron chi connectivity index (χ1n) is 19.4. The molecule has 1 heterocycles. The Morgan fingerprint density at radius 2 is 1.53 bits per heavy atom. The molecule has 1 unspecified atom stereocenters. The van der Waals surface area contributed by atoms with Gasteiger partial charge in [-0.1, -0.05) is 19.1 Å². The number of imide groups is 1. The number of nitrogens with two attached hydrogens (primary N) is 2. The summed E-state index contributed by atoms with van der Waals surface area (Å²) in [4.78, 5) is 104. The van der Waals surface area contributed by atoms with Crippen LogP contribution in [-0.2, 0) is 40.0 Å². The van der Waals surface area contributed by atoms with Crippen molar-refractivity contribution in [3.63, 3.8) is 0 Å². The van der Waals surface area contributed by atoms with E-state index in [0.717, 1.165) is 9.14 Å². The number of ketones is 1. The molecule has 1 aliphatic rings. The molecule has 1 saturated heterocycles. The molecule has 316 valence electrons. The Labute approximate surface area is 342 Å². The van der Waals surface area contributed by atoms with E-state index in [1.807, 2.05) is 0 Å². The number of aromatic hydroxyl groups is 1. The van der Waals surface area contributed by atoms with Gasteiger partial charge in [0.2, 0.25) is 11.8 Å². The molecule has 3 rings (SSSR count). The maximum atomic E-state index is 13.2. The van der Waals surface area contributed by atoms with Gasteiger partial charge in [0.1, 0.15) is 5.75 Å². The summed E-state index contributed by atoms with van der Waals surface area (Å²) >= 11 is -2.81. The molecule has 18 heteroatoms. The van der Waals surface area contributed by atoms with Gasteiger partial charge in [0.15, 0.2) is 11.7 Å². The fourth-order valence-corrected chi connectivity index (χ4v) is 9.21. The summed E-state index contributed by atoms with van der Waals surface area (Å²) < 4.78 is 6.58. The third-order valence-electron chi connectivity index (χ3n) is 9.28. The number of nitrogens with zero attached hydrogens (tertiary/aromatic N) is 2. The van der Waals surface area contributed by atoms with E-state index in [2.05, 4.69) is 35.8 Å². The van der Waals surface area contributed by atoms with Crippen molar-refractivity contribution in [2.45, 2.75) is 73.1 Å². The molecule has 58 heavy (non-hydrogen) atoms. The van der Waals surface area contributed by atoms with Gasteiger partial charge in [0, 0.05) is 24.8 Å². The predicted molar refractivity (Wildman–Crippen MR) is 218 cm³/mol. The Morgan fingerprint density at radius 1 is 0.862 bits per heavy atom. The topological polar surface area (TPSA) is 262 Å². The molecule has 1 aliphatic heterocycles. The Balaban J connectivity index is 1.42. The molecular formula is C40H57N7O10Sn. The average molecular weight is 915 g/mol. The van der Waals surface area contributed by atoms with Crippen LogP contribution in [0.2, 0.25) is 14.8 Å². The third kappa shape index (κ3) is 16.4. The van der Waals surface area contributed by atoms with Gasteiger partial charge in [-0.25, -0.2) is 0 Å². The first kappa shape index (κ1) is 47.3. The normalized spacial score (nSPS) is 13.7. The number of unbranched alkanes of at least 4 members (excludes halogenated alkanes) is 1. The SMILES string of the molecule is C[C@@H](CCCN=C(N)N)C(=O)NCC(=O)CC(Cc1ccc(O)cc1)C(=O)NCCOCCCCNC(=O)c1cc(C(=O)ON2C(=O)CCC2=O)c[c]([Sn]([CH3])([CH3])[CH3])c1. The summed E-state index contributed by atoms with van der Waals surface area (Å²) in [5.74, 6) is -4.38. The molecule has 0 radical (unpaired) electrons. The number of nitrogens with one attached hydrogen (secondary N) is 3. The van der Waals surface area contributed by atoms with Crippen molar-refractivity contribution in [2.75, 3.05) is 39.4 Å². The van der Waals surface area contributed by atoms with E-state index in [-0.39, 0.29) is 97.6 Å². The number of phenols is 1. The fourth-order valence-electron chi connectivity index (χ4n) is 5.85. The van der Waals surface area contributed by atoms with Crippen molar-refractivity contribution < 1.29 is 48.2 Å². The first-order chi connectivity index (χ1) is 27.4. The van der Waals surface area contributed by atoms with Crippen LogP contribution in [0.3, 0.4) is 0 Å². The molecule has 0 aromatic heterocycles. The molecule has 2 aromatic rings. The molecule has 17 nitrogen and oxygen atoms in total. The van der Waals surface area contributed by atoms with Crippen LogP contribution in [0.25, 0.3) is 0 Å². The van der Waals surface area contributed by atoms with Crippen molar-refractivity contribution in [1.82, 2.24) is 21.0 Å². The predicted octanol–water partition coefficient (Wildman–Crippen LogP) is 1.43. The van der Waals surface area contributed by atoms with Crippen LogP contribution < -0.4 is 31.0 Å². The van der Waals surface area contributed by atoms with E-state index in [1.54, 1.807) is 31.2 Å². The Kier molecular flexibility index (Phi) is 19.1. The summed E-state index contributed by atoms with van der Waals surface area (Å²) in [5, 5.41) is 18.5. The van der Waals surface area contributed by atoms with Crippen LogP contribution in [-0.4, -0.2) is 115 Å². The van der Waals surface area contributed by atoms with E-state index < -0.39 is 42.1 Å². The third-order valence-corrected chi connectivity index (χ3v) is 15.1. The van der Waals surface area contributed by atoms with Crippen molar-refractivity contribution in [2.24, 2.45) is 28.3 Å². The number of hydrogen-bond acceptors (Lipinski definition) is 11. The van der Waals surface area contributed by atoms with Crippen LogP contribution in [0, 0.1) is 11.8 Å². The van der Waals surface area contributed by atoms with Crippen molar-refractivity contribution in [1.29, 1.82) is 0 Å². The molecule has 2 aromatic carbocycles. The second kappa shape index (κ2) is 23.4. The molecule has 0 spiro atoms. The number of ether oxygens (including phenoxy) is 1. The van der Waals surface area contributed by atoms with Gasteiger partial charge in [0.25, 0.3) is 0 Å². The second-order valence-electron chi connectivity index (χ2n) is 15.3. The second-order valence-corrected chi connectivity index (χ2v) is 29.7. The number of phenolic OH excluding ortho intramolecular Hbond substituents is 1. The molecule has 1 fully saturated rings. The summed E-state index contributed by atoms with van der Waals surface area (Å²) in [6.07, 6.45) is 2.44. The van der Waals surface area contributed by atoms with Gasteiger partial charge in [0.05, 0.1) is 6.54 Å². The summed E-state index contributed by atoms with van der Waals surface area (Å²) in [7, 11) is 0. The minimum atomic E-state index is -2.81. The van der Waals surface area contributed by atoms with Crippen molar-refractivity contribution >= 4 is 69.2 Å². The Morgan fingerprint density at radius 3 is 2.19 bits per heavy atom. The van der Waals surface area contributed by atoms with Gasteiger partial charge in [-0.2, -0.15) is 0 Å². The van der Waals surface area contributed by atoms with Gasteiger partial charge >= 0.3 is 181 Å². The van der Waals surface area contributed by atoms with E-state index in [1.165, 1.54) is 18.2 Å². The summed E-state index contributed by atoms with van der Waals surface area (Å²) in [5.41, 5.74) is 11.8. The molecule has 2 atom stereocenters. The van der Waals surface area contributed by atoms with Gasteiger partial charge in [-0.3, -0.25) is 19.4 Å². The maximum absolute atomic E-state index is 13.2. The van der Waals surface area contributed by atoms with Crippen LogP contribution in [0.1, 0.15) is 78.1 Å². The Bertz CT molecular complexity index is 1790. The van der Waals surface area contributed by atoms with Crippen LogP contribution in [0.5, 0.6) is 5.75 Å². The minimum absolute atomic E-state index is 0.0149. The number of aliphatic imine (C=N–C) groups is 1. The van der Waals surface area contributed by atoms with Gasteiger partial charge in [-0.05, 0) is 37.0 Å². The van der Waals surface area contributed by atoms with Crippen LogP contribution >= 0.6 is 0 Å². The quantitative estimate of drug-likeness (QED) is 0.0287. The average Bonchev–Trinajstić information content (AvgIpc) is 3.49. The number of carbonyl (C=O) groups is 7. The zero-order chi connectivity index (χ0) is 42.8. The number of hydrogen-bond donors (Lipinski definition) is 6. The zero-order valence-corrected chi connectivity index (χ0v) is 36.6. The monoisotopic (exact) mass is 915 g/mol. The first-order valence-corrected chi connectivity index (χ1v) is 29.4. The molecule has 8 N–H and O–H groups in total. The van der Waals surface area contributed by atoms with E-state index in [9.17, 15) is 38.7 Å². The fraction of sp³-hybridized carbons (Fsp3) is 0.500. The molecule has 0 bridgehead atoms. The number of guanidine groups is 1. The van der Waals surface area contributed by atoms with Gasteiger partial charge < -0.3 is 27.2 Å². The van der Waals surface area contributed by atoms with Gasteiger partial charge in [-0.15, -0.1) is 0 Å². The van der Waals surface area contributed by atoms with Crippen LogP contribution in [0.4, 0.5) is 0 Å². The number of amides is 5. The number of rotatable bonds is 24. The molecule has 5 amide bonds. The van der Waals surface area contributed by atoms with Crippen LogP contribution in [0.15, 0.2) is 47.5 Å². The summed E-state index contributed by atoms with van der Waals surface area (Å²) in [6, 6.07) is 11.2. The summed E-state index contributed by atoms with van der Waals surface area (Å²) in [6.45, 7) is 3.05. The van der Waals surface area contributed by atoms with E-state index in [0.29, 0.717) is 50.4 Å². The molecule has 0 saturated carbocycles. The number of hydroxylamine groups is 2. The molecular weight excluding hydrogens is 857 g/mol. The number of benzene rings is 2. The van der Waals surface area contributed by atoms with E-state index >= 15 is 0 Å². The Hall–Kier alpha value is -5.04. The van der Waals surface area contributed by atoms with E-state index in [4.69, 9.17) is 21.0 Å².